The first-order valence-corrected chi connectivity index (χ1v) is 9.85. The lowest BCUT2D eigenvalue weighted by Crippen LogP contribution is -2.37. The normalized spacial score (nSPS) is 11.4. The average Bonchev–Trinajstić information content (AvgIpc) is 3.08. The highest BCUT2D eigenvalue weighted by Crippen LogP contribution is 2.19. The quantitative estimate of drug-likeness (QED) is 0.270. The second kappa shape index (κ2) is 9.69. The van der Waals surface area contributed by atoms with Gasteiger partial charge in [-0.25, -0.2) is 9.67 Å². The number of aryl methyl sites for hydroxylation is 2. The highest BCUT2D eigenvalue weighted by atomic mass is 16.6. The first kappa shape index (κ1) is 21.0. The third-order valence-electron chi connectivity index (χ3n) is 4.62. The van der Waals surface area contributed by atoms with Crippen molar-refractivity contribution in [2.45, 2.75) is 33.9 Å². The summed E-state index contributed by atoms with van der Waals surface area (Å²) in [4.78, 5) is 15.5. The summed E-state index contributed by atoms with van der Waals surface area (Å²) < 4.78 is 1.92. The van der Waals surface area contributed by atoms with Crippen LogP contribution in [-0.2, 0) is 13.1 Å². The van der Waals surface area contributed by atoms with Gasteiger partial charge in [-0.05, 0) is 38.5 Å². The number of aliphatic imine (C=N–C) groups is 1. The zero-order valence-corrected chi connectivity index (χ0v) is 17.4. The molecule has 2 aromatic carbocycles. The summed E-state index contributed by atoms with van der Waals surface area (Å²) in [5.74, 6) is 0.596. The third kappa shape index (κ3) is 5.02. The molecule has 2 N–H and O–H groups in total. The molecular weight excluding hydrogens is 380 g/mol. The van der Waals surface area contributed by atoms with E-state index in [4.69, 9.17) is 0 Å². The molecule has 1 aromatic heterocycles. The van der Waals surface area contributed by atoms with Crippen LogP contribution in [0.4, 0.5) is 5.69 Å². The lowest BCUT2D eigenvalue weighted by Gasteiger charge is -2.13. The first-order chi connectivity index (χ1) is 14.5. The number of nitrogens with zero attached hydrogens (tertiary/aromatic N) is 4. The Bertz CT molecular complexity index is 1060. The van der Waals surface area contributed by atoms with Crippen LogP contribution in [0, 0.1) is 24.0 Å². The number of aromatic nitrogens is 2. The van der Waals surface area contributed by atoms with Gasteiger partial charge in [0.05, 0.1) is 22.8 Å². The van der Waals surface area contributed by atoms with E-state index in [-0.39, 0.29) is 10.6 Å². The molecule has 0 fully saturated rings. The summed E-state index contributed by atoms with van der Waals surface area (Å²) in [6, 6.07) is 16.8. The van der Waals surface area contributed by atoms with E-state index in [1.165, 1.54) is 6.07 Å². The molecule has 8 nitrogen and oxygen atoms in total. The third-order valence-corrected chi connectivity index (χ3v) is 4.62. The number of hydrogen-bond acceptors (Lipinski definition) is 4. The Kier molecular flexibility index (Phi) is 6.79. The molecule has 30 heavy (non-hydrogen) atoms. The minimum absolute atomic E-state index is 0.0933. The van der Waals surface area contributed by atoms with E-state index in [1.807, 2.05) is 55.8 Å². The van der Waals surface area contributed by atoms with Crippen LogP contribution in [0.25, 0.3) is 5.69 Å². The predicted molar refractivity (Wildman–Crippen MR) is 118 cm³/mol. The van der Waals surface area contributed by atoms with Gasteiger partial charge in [0, 0.05) is 30.4 Å². The Balaban J connectivity index is 1.79. The molecular formula is C22H26N6O2. The Hall–Kier alpha value is -3.68. The van der Waals surface area contributed by atoms with Gasteiger partial charge < -0.3 is 10.6 Å². The van der Waals surface area contributed by atoms with Crippen LogP contribution in [-0.4, -0.2) is 27.2 Å². The average molecular weight is 406 g/mol. The molecule has 0 aliphatic rings. The smallest absolute Gasteiger partial charge is 0.274 e. The van der Waals surface area contributed by atoms with Crippen molar-refractivity contribution in [3.8, 4) is 5.69 Å². The molecule has 0 saturated heterocycles. The van der Waals surface area contributed by atoms with E-state index >= 15 is 0 Å². The van der Waals surface area contributed by atoms with Gasteiger partial charge in [-0.2, -0.15) is 5.10 Å². The van der Waals surface area contributed by atoms with Crippen molar-refractivity contribution in [1.82, 2.24) is 20.4 Å². The van der Waals surface area contributed by atoms with Crippen molar-refractivity contribution in [1.29, 1.82) is 0 Å². The molecule has 3 aromatic rings. The molecule has 0 radical (unpaired) electrons. The van der Waals surface area contributed by atoms with Gasteiger partial charge in [0.15, 0.2) is 5.96 Å². The summed E-state index contributed by atoms with van der Waals surface area (Å²) >= 11 is 0. The van der Waals surface area contributed by atoms with Crippen LogP contribution >= 0.6 is 0 Å². The number of rotatable bonds is 7. The predicted octanol–water partition coefficient (Wildman–Crippen LogP) is 3.65. The Morgan fingerprint density at radius 1 is 1.10 bits per heavy atom. The highest BCUT2D eigenvalue weighted by Gasteiger charge is 2.13. The number of nitro benzene ring substituents is 1. The maximum atomic E-state index is 11.2. The van der Waals surface area contributed by atoms with Gasteiger partial charge in [-0.1, -0.05) is 36.4 Å². The van der Waals surface area contributed by atoms with Crippen molar-refractivity contribution < 1.29 is 4.92 Å². The first-order valence-electron chi connectivity index (χ1n) is 9.85. The fourth-order valence-electron chi connectivity index (χ4n) is 3.25. The lowest BCUT2D eigenvalue weighted by molar-refractivity contribution is -0.385. The summed E-state index contributed by atoms with van der Waals surface area (Å²) in [6.07, 6.45) is 0. The topological polar surface area (TPSA) is 97.4 Å². The Morgan fingerprint density at radius 2 is 1.80 bits per heavy atom. The second-order valence-electron chi connectivity index (χ2n) is 6.90. The maximum absolute atomic E-state index is 11.2. The molecule has 0 spiro atoms. The zero-order valence-electron chi connectivity index (χ0n) is 17.4. The van der Waals surface area contributed by atoms with Gasteiger partial charge in [-0.15, -0.1) is 0 Å². The van der Waals surface area contributed by atoms with Gasteiger partial charge in [0.25, 0.3) is 5.69 Å². The Morgan fingerprint density at radius 3 is 2.47 bits per heavy atom. The van der Waals surface area contributed by atoms with E-state index < -0.39 is 0 Å². The molecule has 0 atom stereocenters. The molecule has 0 bridgehead atoms. The van der Waals surface area contributed by atoms with E-state index in [0.29, 0.717) is 31.2 Å². The summed E-state index contributed by atoms with van der Waals surface area (Å²) in [6.45, 7) is 7.41. The number of nitrogens with one attached hydrogen (secondary N) is 2. The van der Waals surface area contributed by atoms with Gasteiger partial charge >= 0.3 is 0 Å². The summed E-state index contributed by atoms with van der Waals surface area (Å²) in [5.41, 5.74) is 4.75. The minimum atomic E-state index is -0.369. The molecule has 0 aliphatic carbocycles. The van der Waals surface area contributed by atoms with Gasteiger partial charge in [0.1, 0.15) is 0 Å². The van der Waals surface area contributed by atoms with Crippen molar-refractivity contribution in [2.24, 2.45) is 4.99 Å². The van der Waals surface area contributed by atoms with Crippen LogP contribution in [0.2, 0.25) is 0 Å². The van der Waals surface area contributed by atoms with Crippen molar-refractivity contribution in [3.63, 3.8) is 0 Å². The maximum Gasteiger partial charge on any atom is 0.274 e. The molecule has 3 rings (SSSR count). The van der Waals surface area contributed by atoms with Gasteiger partial charge in [0.2, 0.25) is 0 Å². The lowest BCUT2D eigenvalue weighted by atomic mass is 10.1. The largest absolute Gasteiger partial charge is 0.357 e. The molecule has 156 valence electrons. The van der Waals surface area contributed by atoms with Crippen LogP contribution in [0.15, 0.2) is 59.6 Å². The van der Waals surface area contributed by atoms with Crippen LogP contribution in [0.1, 0.15) is 29.4 Å². The molecule has 0 amide bonds. The summed E-state index contributed by atoms with van der Waals surface area (Å²) in [5, 5.41) is 22.2. The number of guanidine groups is 1. The highest BCUT2D eigenvalue weighted by molar-refractivity contribution is 5.79. The minimum Gasteiger partial charge on any atom is -0.357 e. The fraction of sp³-hybridized carbons (Fsp3) is 0.273. The molecule has 8 heteroatoms. The monoisotopic (exact) mass is 406 g/mol. The van der Waals surface area contributed by atoms with Crippen molar-refractivity contribution in [3.05, 3.63) is 87.2 Å². The number of benzene rings is 2. The van der Waals surface area contributed by atoms with Crippen LogP contribution in [0.3, 0.4) is 0 Å². The van der Waals surface area contributed by atoms with E-state index in [9.17, 15) is 10.1 Å². The number of hydrogen-bond donors (Lipinski definition) is 2. The number of nitro groups is 1. The fourth-order valence-corrected chi connectivity index (χ4v) is 3.25. The molecule has 0 aliphatic heterocycles. The summed E-state index contributed by atoms with van der Waals surface area (Å²) in [7, 11) is 0. The molecule has 0 saturated carbocycles. The van der Waals surface area contributed by atoms with Crippen molar-refractivity contribution in [2.75, 3.05) is 6.54 Å². The molecule has 1 heterocycles. The Labute approximate surface area is 175 Å². The standard InChI is InChI=1S/C22H26N6O2/c1-4-23-22(25-15-19-10-6-8-12-21(19)28(29)30)24-14-18-9-5-7-11-20(18)27-17(3)13-16(2)26-27/h5-13H,4,14-15H2,1-3H3,(H2,23,24,25). The second-order valence-corrected chi connectivity index (χ2v) is 6.90. The molecule has 0 unspecified atom stereocenters. The number of para-hydroxylation sites is 2. The van der Waals surface area contributed by atoms with E-state index in [0.717, 1.165) is 22.6 Å². The van der Waals surface area contributed by atoms with Crippen molar-refractivity contribution >= 4 is 11.6 Å². The van der Waals surface area contributed by atoms with Crippen LogP contribution < -0.4 is 10.6 Å². The van der Waals surface area contributed by atoms with E-state index in [1.54, 1.807) is 18.2 Å². The van der Waals surface area contributed by atoms with Crippen LogP contribution in [0.5, 0.6) is 0 Å². The van der Waals surface area contributed by atoms with Gasteiger partial charge in [-0.3, -0.25) is 10.1 Å². The SMILES string of the molecule is CCNC(=NCc1ccccc1-n1nc(C)cc1C)NCc1ccccc1[N+](=O)[O-]. The zero-order chi connectivity index (χ0) is 21.5. The van der Waals surface area contributed by atoms with E-state index in [2.05, 4.69) is 20.7 Å².